The Balaban J connectivity index is 3.36. The Morgan fingerprint density at radius 2 is 2.36 bits per heavy atom. The zero-order valence-electron chi connectivity index (χ0n) is 7.09. The van der Waals surface area contributed by atoms with Gasteiger partial charge in [-0.15, -0.1) is 0 Å². The van der Waals surface area contributed by atoms with E-state index in [0.717, 1.165) is 0 Å². The highest BCUT2D eigenvalue weighted by Gasteiger charge is 2.03. The first kappa shape index (κ1) is 10.4. The molecule has 0 radical (unpaired) electrons. The third kappa shape index (κ3) is 5.82. The molecule has 0 aliphatic heterocycles. The van der Waals surface area contributed by atoms with E-state index in [1.54, 1.807) is 0 Å². The van der Waals surface area contributed by atoms with Crippen LogP contribution in [0.4, 0.5) is 0 Å². The van der Waals surface area contributed by atoms with E-state index in [9.17, 15) is 4.79 Å². The number of hydrogen-bond acceptors (Lipinski definition) is 3. The molecule has 11 heavy (non-hydrogen) atoms. The van der Waals surface area contributed by atoms with E-state index >= 15 is 0 Å². The summed E-state index contributed by atoms with van der Waals surface area (Å²) in [5.74, 6) is -0.107. The van der Waals surface area contributed by atoms with Crippen LogP contribution in [0.1, 0.15) is 13.8 Å². The summed E-state index contributed by atoms with van der Waals surface area (Å²) in [5, 5.41) is 2.68. The van der Waals surface area contributed by atoms with Gasteiger partial charge in [-0.2, -0.15) is 0 Å². The lowest BCUT2D eigenvalue weighted by Gasteiger charge is -2.10. The number of rotatable bonds is 5. The maximum atomic E-state index is 10.9. The molecular formula is C7H16N2O2. The summed E-state index contributed by atoms with van der Waals surface area (Å²) in [5.41, 5.74) is 5.29. The lowest BCUT2D eigenvalue weighted by molar-refractivity contribution is -0.126. The third-order valence-electron chi connectivity index (χ3n) is 1.20. The van der Waals surface area contributed by atoms with Crippen molar-refractivity contribution in [3.63, 3.8) is 0 Å². The predicted octanol–water partition coefficient (Wildman–Crippen LogP) is -0.514. The molecule has 4 heteroatoms. The summed E-state index contributed by atoms with van der Waals surface area (Å²) in [6, 6.07) is 0.0305. The highest BCUT2D eigenvalue weighted by Crippen LogP contribution is 1.78. The number of carbonyl (C=O) groups is 1. The van der Waals surface area contributed by atoms with Crippen LogP contribution in [-0.4, -0.2) is 31.7 Å². The number of carbonyl (C=O) groups excluding carboxylic acids is 1. The van der Waals surface area contributed by atoms with Gasteiger partial charge < -0.3 is 15.8 Å². The molecule has 66 valence electrons. The first-order valence-corrected chi connectivity index (χ1v) is 3.77. The zero-order chi connectivity index (χ0) is 8.69. The van der Waals surface area contributed by atoms with Crippen LogP contribution in [-0.2, 0) is 9.53 Å². The van der Waals surface area contributed by atoms with Crippen LogP contribution in [0.15, 0.2) is 0 Å². The predicted molar refractivity (Wildman–Crippen MR) is 43.2 cm³/mol. The fraction of sp³-hybridized carbons (Fsp3) is 0.857. The molecule has 4 nitrogen and oxygen atoms in total. The minimum Gasteiger partial charge on any atom is -0.372 e. The molecular weight excluding hydrogens is 144 g/mol. The molecule has 0 bridgehead atoms. The van der Waals surface area contributed by atoms with Gasteiger partial charge in [-0.25, -0.2) is 0 Å². The van der Waals surface area contributed by atoms with Gasteiger partial charge in [-0.3, -0.25) is 4.79 Å². The monoisotopic (exact) mass is 160 g/mol. The Hall–Kier alpha value is -0.610. The van der Waals surface area contributed by atoms with Crippen LogP contribution in [0.5, 0.6) is 0 Å². The van der Waals surface area contributed by atoms with Crippen molar-refractivity contribution in [1.82, 2.24) is 5.32 Å². The minimum absolute atomic E-state index is 0.0305. The van der Waals surface area contributed by atoms with Crippen molar-refractivity contribution in [3.8, 4) is 0 Å². The van der Waals surface area contributed by atoms with Gasteiger partial charge in [-0.1, -0.05) is 0 Å². The van der Waals surface area contributed by atoms with Gasteiger partial charge in [0.25, 0.3) is 0 Å². The molecule has 0 fully saturated rings. The second-order valence-electron chi connectivity index (χ2n) is 2.34. The average Bonchev–Trinajstić information content (AvgIpc) is 2.00. The zero-order valence-corrected chi connectivity index (χ0v) is 7.09. The average molecular weight is 160 g/mol. The summed E-state index contributed by atoms with van der Waals surface area (Å²) >= 11 is 0. The molecule has 3 N–H and O–H groups in total. The topological polar surface area (TPSA) is 64.3 Å². The molecule has 1 amide bonds. The molecule has 0 aromatic rings. The fourth-order valence-electron chi connectivity index (χ4n) is 0.570. The molecule has 0 rings (SSSR count). The summed E-state index contributed by atoms with van der Waals surface area (Å²) in [7, 11) is 0. The smallest absolute Gasteiger partial charge is 0.246 e. The van der Waals surface area contributed by atoms with Crippen molar-refractivity contribution in [1.29, 1.82) is 0 Å². The van der Waals surface area contributed by atoms with E-state index in [-0.39, 0.29) is 18.6 Å². The SMILES string of the molecule is CCOCC(=O)N[C@H](C)CN. The molecule has 0 unspecified atom stereocenters. The second kappa shape index (κ2) is 6.12. The van der Waals surface area contributed by atoms with Crippen LogP contribution in [0, 0.1) is 0 Å². The summed E-state index contributed by atoms with van der Waals surface area (Å²) < 4.78 is 4.89. The summed E-state index contributed by atoms with van der Waals surface area (Å²) in [4.78, 5) is 10.9. The highest BCUT2D eigenvalue weighted by molar-refractivity contribution is 5.77. The lowest BCUT2D eigenvalue weighted by Crippen LogP contribution is -2.39. The first-order chi connectivity index (χ1) is 5.20. The van der Waals surface area contributed by atoms with E-state index in [0.29, 0.717) is 13.2 Å². The maximum absolute atomic E-state index is 10.9. The minimum atomic E-state index is -0.107. The Bertz CT molecular complexity index is 117. The number of nitrogens with one attached hydrogen (secondary N) is 1. The van der Waals surface area contributed by atoms with Crippen molar-refractivity contribution in [3.05, 3.63) is 0 Å². The van der Waals surface area contributed by atoms with E-state index in [1.807, 2.05) is 13.8 Å². The summed E-state index contributed by atoms with van der Waals surface area (Å²) in [6.07, 6.45) is 0. The summed E-state index contributed by atoms with van der Waals surface area (Å²) in [6.45, 7) is 4.84. The van der Waals surface area contributed by atoms with Gasteiger partial charge in [0.15, 0.2) is 0 Å². The maximum Gasteiger partial charge on any atom is 0.246 e. The van der Waals surface area contributed by atoms with Crippen LogP contribution < -0.4 is 11.1 Å². The van der Waals surface area contributed by atoms with Crippen molar-refractivity contribution in [2.75, 3.05) is 19.8 Å². The van der Waals surface area contributed by atoms with Gasteiger partial charge in [0, 0.05) is 19.2 Å². The third-order valence-corrected chi connectivity index (χ3v) is 1.20. The van der Waals surface area contributed by atoms with E-state index in [4.69, 9.17) is 10.5 Å². The van der Waals surface area contributed by atoms with Crippen LogP contribution in [0.2, 0.25) is 0 Å². The van der Waals surface area contributed by atoms with Crippen molar-refractivity contribution >= 4 is 5.91 Å². The lowest BCUT2D eigenvalue weighted by atomic mass is 10.3. The number of ether oxygens (including phenoxy) is 1. The highest BCUT2D eigenvalue weighted by atomic mass is 16.5. The van der Waals surface area contributed by atoms with Gasteiger partial charge >= 0.3 is 0 Å². The van der Waals surface area contributed by atoms with E-state index < -0.39 is 0 Å². The van der Waals surface area contributed by atoms with Crippen molar-refractivity contribution in [2.24, 2.45) is 5.73 Å². The normalized spacial score (nSPS) is 12.6. The Labute approximate surface area is 67.1 Å². The molecule has 0 aliphatic rings. The molecule has 0 saturated heterocycles. The Morgan fingerprint density at radius 3 is 2.82 bits per heavy atom. The number of hydrogen-bond donors (Lipinski definition) is 2. The van der Waals surface area contributed by atoms with Crippen molar-refractivity contribution < 1.29 is 9.53 Å². The van der Waals surface area contributed by atoms with Crippen LogP contribution >= 0.6 is 0 Å². The van der Waals surface area contributed by atoms with Crippen LogP contribution in [0.3, 0.4) is 0 Å². The molecule has 0 aliphatic carbocycles. The molecule has 1 atom stereocenters. The quantitative estimate of drug-likeness (QED) is 0.569. The fourth-order valence-corrected chi connectivity index (χ4v) is 0.570. The molecule has 0 aromatic heterocycles. The molecule has 0 aromatic carbocycles. The molecule has 0 spiro atoms. The van der Waals surface area contributed by atoms with E-state index in [2.05, 4.69) is 5.32 Å². The van der Waals surface area contributed by atoms with Crippen LogP contribution in [0.25, 0.3) is 0 Å². The molecule has 0 saturated carbocycles. The Kier molecular flexibility index (Phi) is 5.78. The van der Waals surface area contributed by atoms with Gasteiger partial charge in [0.2, 0.25) is 5.91 Å². The number of amides is 1. The van der Waals surface area contributed by atoms with Crippen molar-refractivity contribution in [2.45, 2.75) is 19.9 Å². The van der Waals surface area contributed by atoms with E-state index in [1.165, 1.54) is 0 Å². The first-order valence-electron chi connectivity index (χ1n) is 3.77. The second-order valence-corrected chi connectivity index (χ2v) is 2.34. The largest absolute Gasteiger partial charge is 0.372 e. The Morgan fingerprint density at radius 1 is 1.73 bits per heavy atom. The standard InChI is InChI=1S/C7H16N2O2/c1-3-11-5-7(10)9-6(2)4-8/h6H,3-5,8H2,1-2H3,(H,9,10)/t6-/m1/s1. The van der Waals surface area contributed by atoms with Gasteiger partial charge in [0.05, 0.1) is 0 Å². The van der Waals surface area contributed by atoms with Gasteiger partial charge in [0.1, 0.15) is 6.61 Å². The molecule has 0 heterocycles. The van der Waals surface area contributed by atoms with Gasteiger partial charge in [-0.05, 0) is 13.8 Å². The number of nitrogens with two attached hydrogens (primary N) is 1.